The van der Waals surface area contributed by atoms with E-state index in [4.69, 9.17) is 4.74 Å². The van der Waals surface area contributed by atoms with Gasteiger partial charge in [0.2, 0.25) is 0 Å². The molecule has 3 N–H and O–H groups in total. The van der Waals surface area contributed by atoms with E-state index in [1.165, 1.54) is 0 Å². The fourth-order valence-corrected chi connectivity index (χ4v) is 3.25. The van der Waals surface area contributed by atoms with Crippen LogP contribution in [-0.4, -0.2) is 38.8 Å². The molecule has 1 heterocycles. The van der Waals surface area contributed by atoms with Gasteiger partial charge < -0.3 is 20.1 Å². The molecule has 0 saturated heterocycles. The monoisotopic (exact) mass is 428 g/mol. The number of nitrogens with zero attached hydrogens (tertiary/aromatic N) is 2. The molecule has 4 rings (SSSR count). The molecule has 4 aromatic rings. The molecule has 0 spiro atoms. The molecule has 0 atom stereocenters. The summed E-state index contributed by atoms with van der Waals surface area (Å²) in [4.78, 5) is 21.0. The second-order valence-corrected chi connectivity index (χ2v) is 7.06. The molecule has 0 aliphatic carbocycles. The zero-order valence-electron chi connectivity index (χ0n) is 17.0. The number of rotatable bonds is 7. The van der Waals surface area contributed by atoms with Gasteiger partial charge in [-0.05, 0) is 41.1 Å². The number of phenolic OH excluding ortho intramolecular Hbond substituents is 3. The van der Waals surface area contributed by atoms with Gasteiger partial charge in [-0.25, -0.2) is 0 Å². The standard InChI is InChI=1S/C25H20N2O5/c28-21-11-17(12-22(29)25(21)31)23(30)14-26-13-20-19-7-2-1-5-16(19)8-9-24(20)32-15-18-6-3-4-10-27-18/h1-13,28-29,31H,14-15H2. The highest BCUT2D eigenvalue weighted by molar-refractivity contribution is 6.04. The van der Waals surface area contributed by atoms with Crippen molar-refractivity contribution in [3.8, 4) is 23.0 Å². The third kappa shape index (κ3) is 4.52. The van der Waals surface area contributed by atoms with Crippen LogP contribution in [0.25, 0.3) is 10.8 Å². The lowest BCUT2D eigenvalue weighted by atomic mass is 10.0. The third-order valence-electron chi connectivity index (χ3n) is 4.88. The number of phenols is 3. The molecule has 0 aliphatic heterocycles. The number of aromatic hydroxyl groups is 3. The normalized spacial score (nSPS) is 11.1. The van der Waals surface area contributed by atoms with Crippen LogP contribution in [0, 0.1) is 0 Å². The number of benzene rings is 3. The number of fused-ring (bicyclic) bond motifs is 1. The predicted molar refractivity (Wildman–Crippen MR) is 121 cm³/mol. The number of pyridine rings is 1. The maximum atomic E-state index is 12.5. The first-order valence-electron chi connectivity index (χ1n) is 9.85. The van der Waals surface area contributed by atoms with E-state index in [2.05, 4.69) is 9.98 Å². The van der Waals surface area contributed by atoms with Gasteiger partial charge in [0.1, 0.15) is 18.9 Å². The number of hydrogen-bond donors (Lipinski definition) is 3. The minimum absolute atomic E-state index is 0.0412. The predicted octanol–water partition coefficient (Wildman–Crippen LogP) is 4.23. The van der Waals surface area contributed by atoms with Crippen molar-refractivity contribution in [2.75, 3.05) is 6.54 Å². The average Bonchev–Trinajstić information content (AvgIpc) is 2.82. The van der Waals surface area contributed by atoms with Crippen LogP contribution in [0.3, 0.4) is 0 Å². The molecule has 0 amide bonds. The molecule has 0 unspecified atom stereocenters. The van der Waals surface area contributed by atoms with Gasteiger partial charge in [0.15, 0.2) is 23.0 Å². The molecule has 0 radical (unpaired) electrons. The van der Waals surface area contributed by atoms with Crippen LogP contribution in [0.1, 0.15) is 21.6 Å². The minimum atomic E-state index is -0.671. The van der Waals surface area contributed by atoms with Gasteiger partial charge in [-0.3, -0.25) is 14.8 Å². The van der Waals surface area contributed by atoms with E-state index < -0.39 is 23.0 Å². The summed E-state index contributed by atoms with van der Waals surface area (Å²) in [6.45, 7) is 0.0670. The maximum absolute atomic E-state index is 12.5. The van der Waals surface area contributed by atoms with Crippen molar-refractivity contribution in [2.45, 2.75) is 6.61 Å². The Kier molecular flexibility index (Phi) is 5.98. The summed E-state index contributed by atoms with van der Waals surface area (Å²) in [6, 6.07) is 19.3. The first kappa shape index (κ1) is 20.9. The Morgan fingerprint density at radius 3 is 2.47 bits per heavy atom. The van der Waals surface area contributed by atoms with Crippen molar-refractivity contribution in [3.05, 3.63) is 89.7 Å². The number of carbonyl (C=O) groups is 1. The number of hydrogen-bond acceptors (Lipinski definition) is 7. The Morgan fingerprint density at radius 2 is 1.72 bits per heavy atom. The molecule has 0 aliphatic rings. The molecular formula is C25H20N2O5. The zero-order chi connectivity index (χ0) is 22.5. The van der Waals surface area contributed by atoms with E-state index in [9.17, 15) is 20.1 Å². The van der Waals surface area contributed by atoms with Crippen molar-refractivity contribution in [1.29, 1.82) is 0 Å². The van der Waals surface area contributed by atoms with Crippen molar-refractivity contribution in [3.63, 3.8) is 0 Å². The molecule has 0 bridgehead atoms. The average molecular weight is 428 g/mol. The molecule has 0 fully saturated rings. The highest BCUT2D eigenvalue weighted by atomic mass is 16.5. The van der Waals surface area contributed by atoms with Gasteiger partial charge in [0.25, 0.3) is 0 Å². The van der Waals surface area contributed by atoms with Gasteiger partial charge in [-0.15, -0.1) is 0 Å². The first-order chi connectivity index (χ1) is 15.5. The number of carbonyl (C=O) groups excluding carboxylic acids is 1. The largest absolute Gasteiger partial charge is 0.504 e. The van der Waals surface area contributed by atoms with E-state index in [1.807, 2.05) is 54.6 Å². The Balaban J connectivity index is 1.59. The highest BCUT2D eigenvalue weighted by Gasteiger charge is 2.13. The molecule has 32 heavy (non-hydrogen) atoms. The molecule has 7 heteroatoms. The number of ether oxygens (including phenoxy) is 1. The van der Waals surface area contributed by atoms with Crippen molar-refractivity contribution < 1.29 is 24.9 Å². The Bertz CT molecular complexity index is 1280. The summed E-state index contributed by atoms with van der Waals surface area (Å²) in [5, 5.41) is 30.6. The smallest absolute Gasteiger partial charge is 0.200 e. The van der Waals surface area contributed by atoms with E-state index in [0.717, 1.165) is 34.2 Å². The van der Waals surface area contributed by atoms with Crippen LogP contribution in [0.15, 0.2) is 77.9 Å². The fraction of sp³-hybridized carbons (Fsp3) is 0.0800. The van der Waals surface area contributed by atoms with Gasteiger partial charge >= 0.3 is 0 Å². The van der Waals surface area contributed by atoms with Gasteiger partial charge in [0, 0.05) is 23.5 Å². The Morgan fingerprint density at radius 1 is 0.969 bits per heavy atom. The molecule has 0 saturated carbocycles. The van der Waals surface area contributed by atoms with Crippen LogP contribution in [-0.2, 0) is 6.61 Å². The van der Waals surface area contributed by atoms with Crippen LogP contribution in [0.5, 0.6) is 23.0 Å². The Labute approximate surface area is 183 Å². The van der Waals surface area contributed by atoms with Gasteiger partial charge in [-0.2, -0.15) is 0 Å². The SMILES string of the molecule is O=C(CN=Cc1c(OCc2ccccn2)ccc2ccccc12)c1cc(O)c(O)c(O)c1. The second kappa shape index (κ2) is 9.18. The third-order valence-corrected chi connectivity index (χ3v) is 4.88. The van der Waals surface area contributed by atoms with Gasteiger partial charge in [0.05, 0.1) is 5.69 Å². The van der Waals surface area contributed by atoms with E-state index in [0.29, 0.717) is 5.75 Å². The van der Waals surface area contributed by atoms with Crippen LogP contribution in [0.2, 0.25) is 0 Å². The lowest BCUT2D eigenvalue weighted by Crippen LogP contribution is -2.04. The number of aliphatic imine (C=N–C) groups is 1. The van der Waals surface area contributed by atoms with Crippen molar-refractivity contribution in [2.24, 2.45) is 4.99 Å². The van der Waals surface area contributed by atoms with Crippen molar-refractivity contribution >= 4 is 22.8 Å². The van der Waals surface area contributed by atoms with E-state index in [-0.39, 0.29) is 18.7 Å². The number of ketones is 1. The summed E-state index contributed by atoms with van der Waals surface area (Å²) < 4.78 is 5.99. The molecule has 1 aromatic heterocycles. The van der Waals surface area contributed by atoms with Gasteiger partial charge in [-0.1, -0.05) is 36.4 Å². The molecule has 160 valence electrons. The van der Waals surface area contributed by atoms with E-state index in [1.54, 1.807) is 12.4 Å². The maximum Gasteiger partial charge on any atom is 0.200 e. The fourth-order valence-electron chi connectivity index (χ4n) is 3.25. The van der Waals surface area contributed by atoms with Crippen molar-refractivity contribution in [1.82, 2.24) is 4.98 Å². The first-order valence-corrected chi connectivity index (χ1v) is 9.85. The summed E-state index contributed by atoms with van der Waals surface area (Å²) in [7, 11) is 0. The number of Topliss-reactive ketones (excluding diaryl/α,β-unsaturated/α-hetero) is 1. The highest BCUT2D eigenvalue weighted by Crippen LogP contribution is 2.35. The van der Waals surface area contributed by atoms with E-state index >= 15 is 0 Å². The van der Waals surface area contributed by atoms with Crippen LogP contribution >= 0.6 is 0 Å². The minimum Gasteiger partial charge on any atom is -0.504 e. The zero-order valence-corrected chi connectivity index (χ0v) is 17.0. The lowest BCUT2D eigenvalue weighted by Gasteiger charge is -2.11. The quantitative estimate of drug-likeness (QED) is 0.231. The molecular weight excluding hydrogens is 408 g/mol. The topological polar surface area (TPSA) is 112 Å². The van der Waals surface area contributed by atoms with Crippen LogP contribution < -0.4 is 4.74 Å². The molecule has 3 aromatic carbocycles. The summed E-state index contributed by atoms with van der Waals surface area (Å²) >= 11 is 0. The summed E-state index contributed by atoms with van der Waals surface area (Å²) in [6.07, 6.45) is 3.28. The number of aromatic nitrogens is 1. The van der Waals surface area contributed by atoms with Crippen LogP contribution in [0.4, 0.5) is 0 Å². The summed E-state index contributed by atoms with van der Waals surface area (Å²) in [5.41, 5.74) is 1.55. The second-order valence-electron chi connectivity index (χ2n) is 7.06. The summed E-state index contributed by atoms with van der Waals surface area (Å²) in [5.74, 6) is -1.64. The lowest BCUT2D eigenvalue weighted by molar-refractivity contribution is 0.100. The molecule has 7 nitrogen and oxygen atoms in total. The Hall–Kier alpha value is -4.39.